The number of hydrogen-bond donors (Lipinski definition) is 0. The Labute approximate surface area is 264 Å². The molecule has 0 amide bonds. The van der Waals surface area contributed by atoms with Gasteiger partial charge in [-0.25, -0.2) is 19.9 Å². The van der Waals surface area contributed by atoms with Crippen LogP contribution in [0.5, 0.6) is 0 Å². The quantitative estimate of drug-likeness (QED) is 0.191. The molecular formula is C40H24N6. The summed E-state index contributed by atoms with van der Waals surface area (Å²) in [5, 5.41) is 5.36. The minimum Gasteiger partial charge on any atom is -0.254 e. The molecule has 46 heavy (non-hydrogen) atoms. The van der Waals surface area contributed by atoms with Crippen molar-refractivity contribution in [3.8, 4) is 45.4 Å². The number of benzene rings is 5. The highest BCUT2D eigenvalue weighted by atomic mass is 15.0. The molecular weight excluding hydrogens is 564 g/mol. The molecule has 4 aromatic heterocycles. The van der Waals surface area contributed by atoms with Crippen molar-refractivity contribution in [1.82, 2.24) is 29.9 Å². The maximum Gasteiger partial charge on any atom is 0.164 e. The molecule has 5 aromatic carbocycles. The summed E-state index contributed by atoms with van der Waals surface area (Å²) in [6.45, 7) is 0. The summed E-state index contributed by atoms with van der Waals surface area (Å²) < 4.78 is 0. The normalized spacial score (nSPS) is 11.5. The zero-order chi connectivity index (χ0) is 30.5. The predicted molar refractivity (Wildman–Crippen MR) is 185 cm³/mol. The molecule has 6 nitrogen and oxygen atoms in total. The van der Waals surface area contributed by atoms with E-state index >= 15 is 0 Å². The molecule has 0 saturated heterocycles. The van der Waals surface area contributed by atoms with E-state index in [0.717, 1.165) is 71.4 Å². The molecule has 0 radical (unpaired) electrons. The van der Waals surface area contributed by atoms with E-state index in [2.05, 4.69) is 59.6 Å². The molecule has 0 aliphatic rings. The maximum absolute atomic E-state index is 5.23. The third-order valence-corrected chi connectivity index (χ3v) is 8.37. The Hall–Kier alpha value is -6.40. The van der Waals surface area contributed by atoms with Gasteiger partial charge in [-0.1, -0.05) is 121 Å². The standard InChI is InChI=1S/C40H24N6/c1-3-11-26(12-4-1)38-44-39(27-13-5-2-6-14-27)46-40(45-38)29-16-9-15-28(23-29)35-31-19-8-7-18-30(31)34-32-21-20-25-17-10-22-41-36(25)37(32)42-24-33(34)43-35/h1-24H. The summed E-state index contributed by atoms with van der Waals surface area (Å²) >= 11 is 0. The Balaban J connectivity index is 1.24. The molecule has 4 heterocycles. The molecule has 0 saturated carbocycles. The van der Waals surface area contributed by atoms with Crippen molar-refractivity contribution in [1.29, 1.82) is 0 Å². The van der Waals surface area contributed by atoms with Gasteiger partial charge in [0.15, 0.2) is 17.5 Å². The van der Waals surface area contributed by atoms with Crippen LogP contribution >= 0.6 is 0 Å². The summed E-state index contributed by atoms with van der Waals surface area (Å²) in [6.07, 6.45) is 3.69. The highest BCUT2D eigenvalue weighted by Crippen LogP contribution is 2.37. The third kappa shape index (κ3) is 4.35. The maximum atomic E-state index is 5.23. The fourth-order valence-electron chi connectivity index (χ4n) is 6.21. The molecule has 0 aliphatic heterocycles. The minimum atomic E-state index is 0.603. The highest BCUT2D eigenvalue weighted by Gasteiger charge is 2.17. The Kier molecular flexibility index (Phi) is 6.03. The molecule has 0 N–H and O–H groups in total. The van der Waals surface area contributed by atoms with Crippen LogP contribution in [-0.2, 0) is 0 Å². The van der Waals surface area contributed by atoms with E-state index in [0.29, 0.717) is 17.5 Å². The van der Waals surface area contributed by atoms with Gasteiger partial charge in [0.05, 0.1) is 28.4 Å². The van der Waals surface area contributed by atoms with E-state index in [1.165, 1.54) is 0 Å². The number of hydrogen-bond acceptors (Lipinski definition) is 6. The molecule has 0 atom stereocenters. The zero-order valence-electron chi connectivity index (χ0n) is 24.5. The number of pyridine rings is 3. The van der Waals surface area contributed by atoms with E-state index in [1.54, 1.807) is 0 Å². The van der Waals surface area contributed by atoms with E-state index < -0.39 is 0 Å². The lowest BCUT2D eigenvalue weighted by atomic mass is 9.97. The van der Waals surface area contributed by atoms with Crippen LogP contribution < -0.4 is 0 Å². The van der Waals surface area contributed by atoms with Crippen molar-refractivity contribution >= 4 is 43.5 Å². The van der Waals surface area contributed by atoms with Crippen LogP contribution in [0.2, 0.25) is 0 Å². The second-order valence-electron chi connectivity index (χ2n) is 11.2. The first-order chi connectivity index (χ1) is 22.8. The van der Waals surface area contributed by atoms with Crippen molar-refractivity contribution in [2.24, 2.45) is 0 Å². The van der Waals surface area contributed by atoms with Crippen molar-refractivity contribution in [3.63, 3.8) is 0 Å². The molecule has 9 rings (SSSR count). The lowest BCUT2D eigenvalue weighted by Crippen LogP contribution is -2.00. The summed E-state index contributed by atoms with van der Waals surface area (Å²) in [5.41, 5.74) is 7.21. The lowest BCUT2D eigenvalue weighted by Gasteiger charge is -2.13. The monoisotopic (exact) mass is 588 g/mol. The van der Waals surface area contributed by atoms with E-state index in [1.807, 2.05) is 91.3 Å². The number of rotatable bonds is 4. The predicted octanol–water partition coefficient (Wildman–Crippen LogP) is 9.34. The van der Waals surface area contributed by atoms with Crippen molar-refractivity contribution in [2.75, 3.05) is 0 Å². The number of aromatic nitrogens is 6. The van der Waals surface area contributed by atoms with Gasteiger partial charge in [-0.05, 0) is 17.5 Å². The topological polar surface area (TPSA) is 77.3 Å². The van der Waals surface area contributed by atoms with Crippen LogP contribution in [0.25, 0.3) is 88.9 Å². The van der Waals surface area contributed by atoms with Gasteiger partial charge < -0.3 is 0 Å². The molecule has 214 valence electrons. The van der Waals surface area contributed by atoms with E-state index in [4.69, 9.17) is 24.9 Å². The molecule has 0 unspecified atom stereocenters. The first-order valence-corrected chi connectivity index (χ1v) is 15.1. The summed E-state index contributed by atoms with van der Waals surface area (Å²) in [5.74, 6) is 1.86. The Morgan fingerprint density at radius 3 is 1.76 bits per heavy atom. The van der Waals surface area contributed by atoms with Crippen LogP contribution in [0.4, 0.5) is 0 Å². The molecule has 0 fully saturated rings. The summed E-state index contributed by atoms with van der Waals surface area (Å²) in [4.78, 5) is 29.5. The van der Waals surface area contributed by atoms with Gasteiger partial charge in [-0.15, -0.1) is 0 Å². The molecule has 6 heteroatoms. The van der Waals surface area contributed by atoms with Crippen molar-refractivity contribution < 1.29 is 0 Å². The fraction of sp³-hybridized carbons (Fsp3) is 0. The minimum absolute atomic E-state index is 0.603. The molecule has 0 spiro atoms. The largest absolute Gasteiger partial charge is 0.254 e. The van der Waals surface area contributed by atoms with Gasteiger partial charge in [0.25, 0.3) is 0 Å². The third-order valence-electron chi connectivity index (χ3n) is 8.37. The number of nitrogens with zero attached hydrogens (tertiary/aromatic N) is 6. The molecule has 0 bridgehead atoms. The second kappa shape index (κ2) is 10.6. The fourth-order valence-corrected chi connectivity index (χ4v) is 6.21. The van der Waals surface area contributed by atoms with Gasteiger partial charge in [0.2, 0.25) is 0 Å². The first kappa shape index (κ1) is 26.0. The van der Waals surface area contributed by atoms with E-state index in [9.17, 15) is 0 Å². The Bertz CT molecular complexity index is 2530. The van der Waals surface area contributed by atoms with Gasteiger partial charge in [0, 0.05) is 50.0 Å². The highest BCUT2D eigenvalue weighted by molar-refractivity contribution is 6.23. The summed E-state index contributed by atoms with van der Waals surface area (Å²) in [7, 11) is 0. The van der Waals surface area contributed by atoms with Gasteiger partial charge in [-0.2, -0.15) is 0 Å². The van der Waals surface area contributed by atoms with E-state index in [-0.39, 0.29) is 0 Å². The average Bonchev–Trinajstić information content (AvgIpc) is 3.14. The SMILES string of the molecule is c1ccc(-c2nc(-c3ccccc3)nc(-c3cccc(-c4nc5cnc6c(ccc7cccnc76)c5c5ccccc45)c3)n2)cc1. The van der Waals surface area contributed by atoms with Gasteiger partial charge in [0.1, 0.15) is 0 Å². The molecule has 9 aromatic rings. The second-order valence-corrected chi connectivity index (χ2v) is 11.2. The van der Waals surface area contributed by atoms with Crippen LogP contribution in [0.15, 0.2) is 146 Å². The number of fused-ring (bicyclic) bond motifs is 7. The lowest BCUT2D eigenvalue weighted by molar-refractivity contribution is 1.07. The van der Waals surface area contributed by atoms with Gasteiger partial charge >= 0.3 is 0 Å². The summed E-state index contributed by atoms with van der Waals surface area (Å²) in [6, 6.07) is 45.0. The van der Waals surface area contributed by atoms with Crippen LogP contribution in [0, 0.1) is 0 Å². The van der Waals surface area contributed by atoms with Gasteiger partial charge in [-0.3, -0.25) is 9.97 Å². The Morgan fingerprint density at radius 1 is 0.391 bits per heavy atom. The smallest absolute Gasteiger partial charge is 0.164 e. The zero-order valence-corrected chi connectivity index (χ0v) is 24.5. The molecule has 0 aliphatic carbocycles. The van der Waals surface area contributed by atoms with Crippen LogP contribution in [0.3, 0.4) is 0 Å². The Morgan fingerprint density at radius 2 is 1.02 bits per heavy atom. The van der Waals surface area contributed by atoms with Crippen molar-refractivity contribution in [3.05, 3.63) is 146 Å². The van der Waals surface area contributed by atoms with Crippen molar-refractivity contribution in [2.45, 2.75) is 0 Å². The van der Waals surface area contributed by atoms with Crippen LogP contribution in [-0.4, -0.2) is 29.9 Å². The first-order valence-electron chi connectivity index (χ1n) is 15.1. The van der Waals surface area contributed by atoms with Crippen LogP contribution in [0.1, 0.15) is 0 Å². The average molecular weight is 589 g/mol.